The highest BCUT2D eigenvalue weighted by atomic mass is 35.5. The summed E-state index contributed by atoms with van der Waals surface area (Å²) >= 11 is 7.78. The molecule has 0 bridgehead atoms. The zero-order valence-corrected chi connectivity index (χ0v) is 24.1. The van der Waals surface area contributed by atoms with Crippen molar-refractivity contribution in [1.29, 1.82) is 0 Å². The summed E-state index contributed by atoms with van der Waals surface area (Å²) in [5, 5.41) is 11.7. The van der Waals surface area contributed by atoms with Gasteiger partial charge in [0.25, 0.3) is 0 Å². The number of ether oxygens (including phenoxy) is 1. The van der Waals surface area contributed by atoms with Gasteiger partial charge in [-0.05, 0) is 61.9 Å². The van der Waals surface area contributed by atoms with Crippen LogP contribution in [0.15, 0.2) is 48.7 Å². The summed E-state index contributed by atoms with van der Waals surface area (Å²) in [6.07, 6.45) is 2.48. The molecule has 0 radical (unpaired) electrons. The average molecular weight is 565 g/mol. The molecule has 0 spiro atoms. The van der Waals surface area contributed by atoms with Gasteiger partial charge in [0.1, 0.15) is 10.8 Å². The van der Waals surface area contributed by atoms with Crippen molar-refractivity contribution >= 4 is 44.9 Å². The van der Waals surface area contributed by atoms with E-state index in [1.54, 1.807) is 11.3 Å². The van der Waals surface area contributed by atoms with Gasteiger partial charge < -0.3 is 19.6 Å². The van der Waals surface area contributed by atoms with Gasteiger partial charge in [0, 0.05) is 60.7 Å². The van der Waals surface area contributed by atoms with E-state index in [1.807, 2.05) is 49.5 Å². The molecule has 39 heavy (non-hydrogen) atoms. The molecule has 1 N–H and O–H groups in total. The smallest absolute Gasteiger partial charge is 0.337 e. The van der Waals surface area contributed by atoms with E-state index in [9.17, 15) is 9.90 Å². The van der Waals surface area contributed by atoms with E-state index in [0.717, 1.165) is 82.3 Å². The van der Waals surface area contributed by atoms with E-state index < -0.39 is 12.1 Å². The second-order valence-electron chi connectivity index (χ2n) is 9.99. The van der Waals surface area contributed by atoms with Crippen molar-refractivity contribution in [3.8, 4) is 21.7 Å². The maximum Gasteiger partial charge on any atom is 0.337 e. The number of unbranched alkanes of at least 4 members (excludes halogenated alkanes) is 1. The van der Waals surface area contributed by atoms with Crippen molar-refractivity contribution in [2.75, 3.05) is 44.7 Å². The van der Waals surface area contributed by atoms with E-state index in [4.69, 9.17) is 21.3 Å². The van der Waals surface area contributed by atoms with Gasteiger partial charge in [-0.2, -0.15) is 0 Å². The predicted molar refractivity (Wildman–Crippen MR) is 159 cm³/mol. The molecule has 9 heteroatoms. The van der Waals surface area contributed by atoms with Gasteiger partial charge in [0.05, 0.1) is 10.2 Å². The Morgan fingerprint density at radius 2 is 1.87 bits per heavy atom. The molecule has 2 aromatic heterocycles. The maximum absolute atomic E-state index is 12.5. The van der Waals surface area contributed by atoms with Crippen molar-refractivity contribution in [2.24, 2.45) is 0 Å². The van der Waals surface area contributed by atoms with Gasteiger partial charge in [0.2, 0.25) is 0 Å². The zero-order valence-electron chi connectivity index (χ0n) is 22.5. The number of aromatic nitrogens is 2. The van der Waals surface area contributed by atoms with Crippen LogP contribution >= 0.6 is 22.9 Å². The second-order valence-corrected chi connectivity index (χ2v) is 11.4. The molecule has 1 aliphatic rings. The van der Waals surface area contributed by atoms with Crippen LogP contribution in [0, 0.1) is 6.92 Å². The molecule has 4 aromatic rings. The molecule has 1 atom stereocenters. The second kappa shape index (κ2) is 12.0. The number of carboxylic acids is 1. The lowest BCUT2D eigenvalue weighted by molar-refractivity contribution is -0.151. The van der Waals surface area contributed by atoms with E-state index in [1.165, 1.54) is 0 Å². The zero-order chi connectivity index (χ0) is 27.5. The van der Waals surface area contributed by atoms with Crippen molar-refractivity contribution in [3.05, 3.63) is 64.8 Å². The summed E-state index contributed by atoms with van der Waals surface area (Å²) in [5.41, 5.74) is 5.05. The number of carboxylic acid groups (broad SMARTS) is 1. The number of benzene rings is 2. The van der Waals surface area contributed by atoms with Crippen molar-refractivity contribution < 1.29 is 14.6 Å². The molecule has 2 aromatic carbocycles. The number of anilines is 1. The minimum absolute atomic E-state index is 0.380. The largest absolute Gasteiger partial charge is 0.479 e. The number of rotatable bonds is 9. The standard InChI is InChI=1S/C30H33ClN4O3S/c1-4-5-16-38-27(30(36)37)25-19(2)17-23-28(26(25)20-6-8-22(31)9-7-20)39-29(33-23)21-10-11-32-24(18-21)35-14-12-34(3)13-15-35/h6-11,17-18,27H,4-5,12-16H2,1-3H3,(H,36,37). The Balaban J connectivity index is 1.64. The van der Waals surface area contributed by atoms with Gasteiger partial charge >= 0.3 is 5.97 Å². The molecule has 1 saturated heterocycles. The first kappa shape index (κ1) is 27.5. The van der Waals surface area contributed by atoms with Crippen LogP contribution in [0.25, 0.3) is 31.9 Å². The summed E-state index contributed by atoms with van der Waals surface area (Å²) in [6.45, 7) is 8.25. The number of hydrogen-bond donors (Lipinski definition) is 1. The monoisotopic (exact) mass is 564 g/mol. The highest BCUT2D eigenvalue weighted by Crippen LogP contribution is 2.44. The number of piperazine rings is 1. The van der Waals surface area contributed by atoms with Crippen LogP contribution in [-0.4, -0.2) is 65.8 Å². The van der Waals surface area contributed by atoms with Crippen molar-refractivity contribution in [3.63, 3.8) is 0 Å². The number of nitrogens with zero attached hydrogens (tertiary/aromatic N) is 4. The molecular formula is C30H33ClN4O3S. The van der Waals surface area contributed by atoms with E-state index >= 15 is 0 Å². The first-order chi connectivity index (χ1) is 18.9. The van der Waals surface area contributed by atoms with Crippen molar-refractivity contribution in [1.82, 2.24) is 14.9 Å². The number of hydrogen-bond acceptors (Lipinski definition) is 7. The lowest BCUT2D eigenvalue weighted by Crippen LogP contribution is -2.44. The Bertz CT molecular complexity index is 1470. The number of halogens is 1. The molecule has 5 rings (SSSR count). The molecule has 0 aliphatic carbocycles. The third-order valence-electron chi connectivity index (χ3n) is 7.15. The van der Waals surface area contributed by atoms with Crippen LogP contribution < -0.4 is 4.90 Å². The fourth-order valence-corrected chi connectivity index (χ4v) is 6.21. The Morgan fingerprint density at radius 1 is 1.13 bits per heavy atom. The van der Waals surface area contributed by atoms with Crippen LogP contribution in [-0.2, 0) is 9.53 Å². The average Bonchev–Trinajstić information content (AvgIpc) is 3.35. The number of likely N-dealkylation sites (N-methyl/N-ethyl adjacent to an activating group) is 1. The van der Waals surface area contributed by atoms with Gasteiger partial charge in [-0.25, -0.2) is 14.8 Å². The summed E-state index contributed by atoms with van der Waals surface area (Å²) in [5.74, 6) is -0.0515. The first-order valence-electron chi connectivity index (χ1n) is 13.3. The summed E-state index contributed by atoms with van der Waals surface area (Å²) in [7, 11) is 2.14. The van der Waals surface area contributed by atoms with Crippen LogP contribution in [0.5, 0.6) is 0 Å². The Morgan fingerprint density at radius 3 is 2.56 bits per heavy atom. The molecular weight excluding hydrogens is 532 g/mol. The molecule has 0 saturated carbocycles. The van der Waals surface area contributed by atoms with Gasteiger partial charge in [-0.3, -0.25) is 0 Å². The lowest BCUT2D eigenvalue weighted by atomic mass is 9.91. The van der Waals surface area contributed by atoms with Gasteiger partial charge in [-0.15, -0.1) is 11.3 Å². The quantitative estimate of drug-likeness (QED) is 0.227. The van der Waals surface area contributed by atoms with E-state index in [0.29, 0.717) is 17.2 Å². The number of aryl methyl sites for hydroxylation is 1. The molecule has 1 fully saturated rings. The Hall–Kier alpha value is -3.04. The van der Waals surface area contributed by atoms with Crippen molar-refractivity contribution in [2.45, 2.75) is 32.8 Å². The predicted octanol–water partition coefficient (Wildman–Crippen LogP) is 6.68. The molecule has 1 unspecified atom stereocenters. The SMILES string of the molecule is CCCCOC(C(=O)O)c1c(C)cc2nc(-c3ccnc(N4CCN(C)CC4)c3)sc2c1-c1ccc(Cl)cc1. The number of thiazole rings is 1. The van der Waals surface area contributed by atoms with E-state index in [2.05, 4.69) is 34.8 Å². The molecule has 204 valence electrons. The van der Waals surface area contributed by atoms with E-state index in [-0.39, 0.29) is 0 Å². The summed E-state index contributed by atoms with van der Waals surface area (Å²) in [4.78, 5) is 26.8. The topological polar surface area (TPSA) is 78.8 Å². The minimum Gasteiger partial charge on any atom is -0.479 e. The molecule has 3 heterocycles. The molecule has 1 aliphatic heterocycles. The van der Waals surface area contributed by atoms with Crippen LogP contribution in [0.1, 0.15) is 37.0 Å². The normalized spacial score (nSPS) is 15.1. The highest BCUT2D eigenvalue weighted by Gasteiger charge is 2.29. The molecule has 0 amide bonds. The Kier molecular flexibility index (Phi) is 8.47. The summed E-state index contributed by atoms with van der Waals surface area (Å²) in [6, 6.07) is 13.6. The van der Waals surface area contributed by atoms with Gasteiger partial charge in [0.15, 0.2) is 6.10 Å². The first-order valence-corrected chi connectivity index (χ1v) is 14.5. The fraction of sp³-hybridized carbons (Fsp3) is 0.367. The fourth-order valence-electron chi connectivity index (χ4n) is 4.96. The Labute approximate surface area is 238 Å². The lowest BCUT2D eigenvalue weighted by Gasteiger charge is -2.33. The third kappa shape index (κ3) is 5.94. The van der Waals surface area contributed by atoms with Crippen LogP contribution in [0.2, 0.25) is 5.02 Å². The number of fused-ring (bicyclic) bond motifs is 1. The van der Waals surface area contributed by atoms with Gasteiger partial charge in [-0.1, -0.05) is 37.1 Å². The van der Waals surface area contributed by atoms with Crippen LogP contribution in [0.4, 0.5) is 5.82 Å². The third-order valence-corrected chi connectivity index (χ3v) is 8.54. The number of aliphatic carboxylic acids is 1. The summed E-state index contributed by atoms with van der Waals surface area (Å²) < 4.78 is 6.90. The molecule has 7 nitrogen and oxygen atoms in total. The van der Waals surface area contributed by atoms with Crippen LogP contribution in [0.3, 0.4) is 0 Å². The number of carbonyl (C=O) groups is 1. The minimum atomic E-state index is -1.08. The number of pyridine rings is 1. The maximum atomic E-state index is 12.5. The highest BCUT2D eigenvalue weighted by molar-refractivity contribution is 7.22.